The molecule has 2 rings (SSSR count). The van der Waals surface area contributed by atoms with E-state index in [0.29, 0.717) is 0 Å². The monoisotopic (exact) mass is 195 g/mol. The Morgan fingerprint density at radius 2 is 1.43 bits per heavy atom. The number of hydrogen-bond donors (Lipinski definition) is 1. The molecule has 1 saturated heterocycles. The molecule has 2 fully saturated rings. The van der Waals surface area contributed by atoms with Crippen LogP contribution in [0.4, 0.5) is 0 Å². The molecule has 1 nitrogen and oxygen atoms in total. The molecule has 1 N–H and O–H groups in total. The molecule has 1 aliphatic heterocycles. The van der Waals surface area contributed by atoms with Crippen LogP contribution >= 0.6 is 0 Å². The van der Waals surface area contributed by atoms with E-state index in [1.165, 1.54) is 58.0 Å². The van der Waals surface area contributed by atoms with Gasteiger partial charge in [0, 0.05) is 0 Å². The molecule has 82 valence electrons. The van der Waals surface area contributed by atoms with Crippen LogP contribution in [0.3, 0.4) is 0 Å². The summed E-state index contributed by atoms with van der Waals surface area (Å²) in [6, 6.07) is 0. The third-order valence-electron chi connectivity index (χ3n) is 4.52. The molecule has 0 aromatic heterocycles. The van der Waals surface area contributed by atoms with Crippen molar-refractivity contribution in [3.05, 3.63) is 0 Å². The standard InChI is InChI=1S/C13H25N/c1-11(12-5-3-2-4-6-12)13-7-9-14-10-8-13/h11-14H,2-10H2,1H3. The number of nitrogens with one attached hydrogen (secondary N) is 1. The Bertz CT molecular complexity index is 137. The van der Waals surface area contributed by atoms with Crippen molar-refractivity contribution in [3.8, 4) is 0 Å². The van der Waals surface area contributed by atoms with Crippen LogP contribution in [-0.4, -0.2) is 13.1 Å². The molecule has 1 unspecified atom stereocenters. The Labute approximate surface area is 88.7 Å². The van der Waals surface area contributed by atoms with Crippen LogP contribution in [0.2, 0.25) is 0 Å². The molecule has 14 heavy (non-hydrogen) atoms. The van der Waals surface area contributed by atoms with Gasteiger partial charge in [-0.2, -0.15) is 0 Å². The fraction of sp³-hybridized carbons (Fsp3) is 1.00. The van der Waals surface area contributed by atoms with Crippen LogP contribution in [0.1, 0.15) is 51.9 Å². The first-order valence-corrected chi connectivity index (χ1v) is 6.58. The molecule has 0 radical (unpaired) electrons. The third kappa shape index (κ3) is 2.50. The average molecular weight is 195 g/mol. The Morgan fingerprint density at radius 3 is 2.07 bits per heavy atom. The largest absolute Gasteiger partial charge is 0.317 e. The third-order valence-corrected chi connectivity index (χ3v) is 4.52. The summed E-state index contributed by atoms with van der Waals surface area (Å²) in [4.78, 5) is 0. The SMILES string of the molecule is CC(C1CCCCC1)C1CCNCC1. The summed E-state index contributed by atoms with van der Waals surface area (Å²) in [7, 11) is 0. The lowest BCUT2D eigenvalue weighted by atomic mass is 9.72. The minimum Gasteiger partial charge on any atom is -0.317 e. The van der Waals surface area contributed by atoms with E-state index in [1.54, 1.807) is 0 Å². The zero-order chi connectivity index (χ0) is 9.80. The Hall–Kier alpha value is -0.0400. The van der Waals surface area contributed by atoms with E-state index in [-0.39, 0.29) is 0 Å². The van der Waals surface area contributed by atoms with Crippen molar-refractivity contribution in [2.24, 2.45) is 17.8 Å². The van der Waals surface area contributed by atoms with Crippen molar-refractivity contribution in [1.29, 1.82) is 0 Å². The summed E-state index contributed by atoms with van der Waals surface area (Å²) < 4.78 is 0. The van der Waals surface area contributed by atoms with Gasteiger partial charge in [0.1, 0.15) is 0 Å². The van der Waals surface area contributed by atoms with Crippen LogP contribution in [0, 0.1) is 17.8 Å². The number of rotatable bonds is 2. The van der Waals surface area contributed by atoms with E-state index in [4.69, 9.17) is 0 Å². The van der Waals surface area contributed by atoms with Crippen LogP contribution in [-0.2, 0) is 0 Å². The summed E-state index contributed by atoms with van der Waals surface area (Å²) in [5.41, 5.74) is 0. The van der Waals surface area contributed by atoms with Gasteiger partial charge in [-0.25, -0.2) is 0 Å². The van der Waals surface area contributed by atoms with Crippen LogP contribution in [0.5, 0.6) is 0 Å². The predicted octanol–water partition coefficient (Wildman–Crippen LogP) is 3.20. The second kappa shape index (κ2) is 5.16. The van der Waals surface area contributed by atoms with Crippen molar-refractivity contribution in [2.75, 3.05) is 13.1 Å². The number of hydrogen-bond acceptors (Lipinski definition) is 1. The van der Waals surface area contributed by atoms with Gasteiger partial charge in [0.2, 0.25) is 0 Å². The van der Waals surface area contributed by atoms with Crippen LogP contribution < -0.4 is 5.32 Å². The van der Waals surface area contributed by atoms with E-state index >= 15 is 0 Å². The lowest BCUT2D eigenvalue weighted by Crippen LogP contribution is -2.33. The van der Waals surface area contributed by atoms with Crippen molar-refractivity contribution in [2.45, 2.75) is 51.9 Å². The summed E-state index contributed by atoms with van der Waals surface area (Å²) >= 11 is 0. The van der Waals surface area contributed by atoms with Crippen LogP contribution in [0.25, 0.3) is 0 Å². The van der Waals surface area contributed by atoms with E-state index in [2.05, 4.69) is 12.2 Å². The van der Waals surface area contributed by atoms with Gasteiger partial charge in [0.05, 0.1) is 0 Å². The van der Waals surface area contributed by atoms with Gasteiger partial charge in [-0.05, 0) is 43.7 Å². The molecule has 1 atom stereocenters. The molecule has 0 aromatic rings. The minimum atomic E-state index is 0.998. The van der Waals surface area contributed by atoms with Crippen LogP contribution in [0.15, 0.2) is 0 Å². The van der Waals surface area contributed by atoms with E-state index < -0.39 is 0 Å². The van der Waals surface area contributed by atoms with Crippen molar-refractivity contribution >= 4 is 0 Å². The van der Waals surface area contributed by atoms with Gasteiger partial charge >= 0.3 is 0 Å². The lowest BCUT2D eigenvalue weighted by molar-refractivity contribution is 0.165. The zero-order valence-corrected chi connectivity index (χ0v) is 9.60. The first kappa shape index (κ1) is 10.5. The highest BCUT2D eigenvalue weighted by molar-refractivity contribution is 4.79. The Kier molecular flexibility index (Phi) is 3.86. The number of piperidine rings is 1. The molecular formula is C13H25N. The van der Waals surface area contributed by atoms with Gasteiger partial charge in [0.15, 0.2) is 0 Å². The highest BCUT2D eigenvalue weighted by Gasteiger charge is 2.27. The van der Waals surface area contributed by atoms with E-state index in [9.17, 15) is 0 Å². The second-order valence-corrected chi connectivity index (χ2v) is 5.34. The van der Waals surface area contributed by atoms with Gasteiger partial charge < -0.3 is 5.32 Å². The molecule has 0 amide bonds. The molecular weight excluding hydrogens is 170 g/mol. The van der Waals surface area contributed by atoms with Gasteiger partial charge in [-0.3, -0.25) is 0 Å². The summed E-state index contributed by atoms with van der Waals surface area (Å²) in [6.07, 6.45) is 10.4. The molecule has 1 aliphatic carbocycles. The van der Waals surface area contributed by atoms with Crippen molar-refractivity contribution in [1.82, 2.24) is 5.32 Å². The average Bonchev–Trinajstić information content (AvgIpc) is 2.30. The smallest absolute Gasteiger partial charge is 0.00462 e. The summed E-state index contributed by atoms with van der Waals surface area (Å²) in [6.45, 7) is 5.05. The molecule has 1 heterocycles. The van der Waals surface area contributed by atoms with E-state index in [1.807, 2.05) is 0 Å². The molecule has 0 aromatic carbocycles. The topological polar surface area (TPSA) is 12.0 Å². The fourth-order valence-electron chi connectivity index (χ4n) is 3.41. The highest BCUT2D eigenvalue weighted by Crippen LogP contribution is 2.36. The minimum absolute atomic E-state index is 0.998. The molecule has 1 saturated carbocycles. The highest BCUT2D eigenvalue weighted by atomic mass is 14.9. The maximum Gasteiger partial charge on any atom is -0.00462 e. The van der Waals surface area contributed by atoms with Gasteiger partial charge in [0.25, 0.3) is 0 Å². The maximum atomic E-state index is 3.47. The zero-order valence-electron chi connectivity index (χ0n) is 9.60. The molecule has 2 aliphatic rings. The van der Waals surface area contributed by atoms with Crippen molar-refractivity contribution < 1.29 is 0 Å². The van der Waals surface area contributed by atoms with E-state index in [0.717, 1.165) is 17.8 Å². The Morgan fingerprint density at radius 1 is 0.857 bits per heavy atom. The van der Waals surface area contributed by atoms with Gasteiger partial charge in [-0.15, -0.1) is 0 Å². The molecule has 1 heteroatoms. The summed E-state index contributed by atoms with van der Waals surface area (Å²) in [5.74, 6) is 3.09. The quantitative estimate of drug-likeness (QED) is 0.713. The fourth-order valence-corrected chi connectivity index (χ4v) is 3.41. The summed E-state index contributed by atoms with van der Waals surface area (Å²) in [5, 5.41) is 3.47. The molecule has 0 bridgehead atoms. The predicted molar refractivity (Wildman–Crippen MR) is 61.3 cm³/mol. The normalized spacial score (nSPS) is 28.9. The Balaban J connectivity index is 1.82. The first-order chi connectivity index (χ1) is 6.88. The second-order valence-electron chi connectivity index (χ2n) is 5.34. The lowest BCUT2D eigenvalue weighted by Gasteiger charge is -2.35. The maximum absolute atomic E-state index is 3.47. The van der Waals surface area contributed by atoms with Crippen molar-refractivity contribution in [3.63, 3.8) is 0 Å². The van der Waals surface area contributed by atoms with Gasteiger partial charge in [-0.1, -0.05) is 39.0 Å². The molecule has 0 spiro atoms. The first-order valence-electron chi connectivity index (χ1n) is 6.58.